The Morgan fingerprint density at radius 2 is 1.73 bits per heavy atom. The first kappa shape index (κ1) is 38.3. The fraction of sp³-hybridized carbons (Fsp3) is 0.500. The number of benzene rings is 2. The number of ether oxygens (including phenoxy) is 2. The highest BCUT2D eigenvalue weighted by atomic mass is 35.5. The molecule has 3 aliphatic rings. The van der Waals surface area contributed by atoms with Crippen molar-refractivity contribution in [2.24, 2.45) is 5.92 Å². The lowest BCUT2D eigenvalue weighted by Crippen LogP contribution is -2.52. The first-order valence-corrected chi connectivity index (χ1v) is 19.2. The summed E-state index contributed by atoms with van der Waals surface area (Å²) in [5.41, 5.74) is 2.88. The van der Waals surface area contributed by atoms with Gasteiger partial charge in [-0.25, -0.2) is 13.2 Å². The molecule has 16 heteroatoms. The number of aliphatic hydroxyl groups excluding tert-OH is 5. The van der Waals surface area contributed by atoms with Gasteiger partial charge in [-0.05, 0) is 79.5 Å². The van der Waals surface area contributed by atoms with Gasteiger partial charge in [0, 0.05) is 54.7 Å². The summed E-state index contributed by atoms with van der Waals surface area (Å²) in [6, 6.07) is 13.9. The van der Waals surface area contributed by atoms with Crippen LogP contribution in [0.25, 0.3) is 11.1 Å². The summed E-state index contributed by atoms with van der Waals surface area (Å²) in [5.74, 6) is 0.838. The van der Waals surface area contributed by atoms with Crippen molar-refractivity contribution < 1.29 is 48.2 Å². The summed E-state index contributed by atoms with van der Waals surface area (Å²) in [5, 5.41) is 53.1. The van der Waals surface area contributed by atoms with Crippen LogP contribution in [-0.2, 0) is 27.0 Å². The molecule has 52 heavy (non-hydrogen) atoms. The van der Waals surface area contributed by atoms with Gasteiger partial charge < -0.3 is 45.6 Å². The van der Waals surface area contributed by atoms with Gasteiger partial charge in [0.1, 0.15) is 24.1 Å². The first-order valence-electron chi connectivity index (χ1n) is 17.4. The number of rotatable bonds is 18. The highest BCUT2D eigenvalue weighted by Crippen LogP contribution is 2.53. The van der Waals surface area contributed by atoms with Gasteiger partial charge in [0.15, 0.2) is 0 Å². The number of para-hydroxylation sites is 1. The Hall–Kier alpha value is -3.38. The molecule has 1 saturated heterocycles. The summed E-state index contributed by atoms with van der Waals surface area (Å²) in [4.78, 5) is 16.6. The van der Waals surface area contributed by atoms with Crippen molar-refractivity contribution in [2.45, 2.75) is 79.7 Å². The molecule has 1 aromatic heterocycles. The predicted octanol–water partition coefficient (Wildman–Crippen LogP) is 1.89. The molecule has 0 bridgehead atoms. The van der Waals surface area contributed by atoms with E-state index in [1.54, 1.807) is 18.3 Å². The molecule has 2 heterocycles. The standard InChI is InChI=1S/C36H45ClN4O10S/c37-29-8-7-25(52(48,49)41-18-22(19-41)9-14-39-35(47)40-17-30(43)33(45)34(46)31(44)20-42)15-23(29)21-50-36(11-12-36)28-16-38-13-10-26(28)27-3-1-2-4-32(27)51-24-5-6-24/h1-4,7-8,10,13,15-16,22,24,30-31,33-34,42-46H,5-6,9,11-12,14,17-21H2,(H2,39,40,47). The van der Waals surface area contributed by atoms with Crippen molar-refractivity contribution in [2.75, 3.05) is 32.8 Å². The molecule has 4 unspecified atom stereocenters. The van der Waals surface area contributed by atoms with Crippen LogP contribution in [-0.4, -0.2) is 113 Å². The summed E-state index contributed by atoms with van der Waals surface area (Å²) in [7, 11) is -3.81. The first-order chi connectivity index (χ1) is 24.9. The van der Waals surface area contributed by atoms with E-state index < -0.39 is 59.2 Å². The molecular formula is C36H45ClN4O10S. The Labute approximate surface area is 307 Å². The molecule has 2 saturated carbocycles. The maximum atomic E-state index is 13.5. The Kier molecular flexibility index (Phi) is 12.0. The molecule has 6 rings (SSSR count). The number of amides is 2. The topological polar surface area (TPSA) is 211 Å². The van der Waals surface area contributed by atoms with E-state index in [4.69, 9.17) is 26.2 Å². The van der Waals surface area contributed by atoms with E-state index >= 15 is 0 Å². The van der Waals surface area contributed by atoms with E-state index in [-0.39, 0.29) is 43.2 Å². The number of hydrogen-bond donors (Lipinski definition) is 7. The lowest BCUT2D eigenvalue weighted by molar-refractivity contribution is -0.113. The van der Waals surface area contributed by atoms with Crippen molar-refractivity contribution in [3.8, 4) is 16.9 Å². The molecule has 3 fully saturated rings. The fourth-order valence-electron chi connectivity index (χ4n) is 6.18. The van der Waals surface area contributed by atoms with Crippen LogP contribution < -0.4 is 15.4 Å². The highest BCUT2D eigenvalue weighted by Gasteiger charge is 2.48. The van der Waals surface area contributed by atoms with Crippen LogP contribution in [0.1, 0.15) is 43.2 Å². The lowest BCUT2D eigenvalue weighted by atomic mass is 9.96. The van der Waals surface area contributed by atoms with E-state index in [9.17, 15) is 33.6 Å². The number of nitrogens with zero attached hydrogens (tertiary/aromatic N) is 2. The number of aromatic nitrogens is 1. The van der Waals surface area contributed by atoms with E-state index in [0.29, 0.717) is 17.0 Å². The minimum atomic E-state index is -3.81. The van der Waals surface area contributed by atoms with Gasteiger partial charge in [0.2, 0.25) is 10.0 Å². The minimum Gasteiger partial charge on any atom is -0.490 e. The van der Waals surface area contributed by atoms with Crippen molar-refractivity contribution in [3.63, 3.8) is 0 Å². The van der Waals surface area contributed by atoms with Crippen LogP contribution in [0.3, 0.4) is 0 Å². The largest absolute Gasteiger partial charge is 0.490 e. The third-order valence-corrected chi connectivity index (χ3v) is 11.9. The molecule has 3 aromatic rings. The van der Waals surface area contributed by atoms with Crippen LogP contribution in [0.4, 0.5) is 4.79 Å². The average molecular weight is 761 g/mol. The molecular weight excluding hydrogens is 716 g/mol. The zero-order chi connectivity index (χ0) is 37.0. The van der Waals surface area contributed by atoms with E-state index in [2.05, 4.69) is 15.6 Å². The van der Waals surface area contributed by atoms with Gasteiger partial charge in [-0.3, -0.25) is 4.98 Å². The van der Waals surface area contributed by atoms with Gasteiger partial charge in [-0.1, -0.05) is 29.8 Å². The number of aliphatic hydroxyl groups is 5. The zero-order valence-corrected chi connectivity index (χ0v) is 30.0. The summed E-state index contributed by atoms with van der Waals surface area (Å²) in [6.45, 7) is -0.340. The van der Waals surface area contributed by atoms with Crippen LogP contribution in [0.5, 0.6) is 5.75 Å². The van der Waals surface area contributed by atoms with Crippen molar-refractivity contribution >= 4 is 27.7 Å². The second-order valence-corrected chi connectivity index (χ2v) is 16.0. The van der Waals surface area contributed by atoms with E-state index in [0.717, 1.165) is 48.1 Å². The Balaban J connectivity index is 1.00. The Bertz CT molecular complexity index is 1820. The second-order valence-electron chi connectivity index (χ2n) is 13.7. The van der Waals surface area contributed by atoms with Crippen molar-refractivity contribution in [1.29, 1.82) is 0 Å². The van der Waals surface area contributed by atoms with Crippen molar-refractivity contribution in [1.82, 2.24) is 19.9 Å². The average Bonchev–Trinajstić information content (AvgIpc) is 4.08. The molecule has 14 nitrogen and oxygen atoms in total. The lowest BCUT2D eigenvalue weighted by Gasteiger charge is -2.38. The molecule has 0 radical (unpaired) electrons. The molecule has 7 N–H and O–H groups in total. The second kappa shape index (κ2) is 16.3. The summed E-state index contributed by atoms with van der Waals surface area (Å²) < 4.78 is 41.2. The maximum Gasteiger partial charge on any atom is 0.314 e. The quantitative estimate of drug-likeness (QED) is 0.0996. The minimum absolute atomic E-state index is 0.0101. The molecule has 2 amide bonds. The number of halogens is 1. The van der Waals surface area contributed by atoms with Crippen LogP contribution >= 0.6 is 11.6 Å². The molecule has 2 aliphatic carbocycles. The summed E-state index contributed by atoms with van der Waals surface area (Å²) in [6.07, 6.45) is 1.18. The monoisotopic (exact) mass is 760 g/mol. The third-order valence-electron chi connectivity index (χ3n) is 9.73. The van der Waals surface area contributed by atoms with E-state index in [1.165, 1.54) is 10.4 Å². The fourth-order valence-corrected chi connectivity index (χ4v) is 7.99. The number of pyridine rings is 1. The number of hydrogen-bond acceptors (Lipinski definition) is 11. The molecule has 0 spiro atoms. The van der Waals surface area contributed by atoms with Crippen LogP contribution in [0.2, 0.25) is 5.02 Å². The SMILES string of the molecule is O=C(NCCC1CN(S(=O)(=O)c2ccc(Cl)c(COC3(c4cnccc4-c4ccccc4OC4CC4)CC3)c2)C1)NCC(O)C(O)C(O)C(O)CO. The molecule has 282 valence electrons. The molecule has 4 atom stereocenters. The van der Waals surface area contributed by atoms with Gasteiger partial charge in [-0.15, -0.1) is 0 Å². The third kappa shape index (κ3) is 8.86. The molecule has 2 aromatic carbocycles. The Morgan fingerprint density at radius 1 is 1.00 bits per heavy atom. The zero-order valence-electron chi connectivity index (χ0n) is 28.5. The Morgan fingerprint density at radius 3 is 2.44 bits per heavy atom. The van der Waals surface area contributed by atoms with Crippen LogP contribution in [0.15, 0.2) is 65.8 Å². The van der Waals surface area contributed by atoms with E-state index in [1.807, 2.05) is 36.5 Å². The molecule has 1 aliphatic heterocycles. The normalized spacial score (nSPS) is 19.6. The number of carbonyl (C=O) groups is 1. The summed E-state index contributed by atoms with van der Waals surface area (Å²) >= 11 is 6.55. The van der Waals surface area contributed by atoms with Gasteiger partial charge >= 0.3 is 6.03 Å². The number of nitrogens with one attached hydrogen (secondary N) is 2. The highest BCUT2D eigenvalue weighted by molar-refractivity contribution is 7.89. The van der Waals surface area contributed by atoms with Crippen molar-refractivity contribution in [3.05, 3.63) is 77.1 Å². The predicted molar refractivity (Wildman–Crippen MR) is 190 cm³/mol. The van der Waals surface area contributed by atoms with Gasteiger partial charge in [0.25, 0.3) is 0 Å². The number of sulfonamides is 1. The number of carbonyl (C=O) groups excluding carboxylic acids is 1. The van der Waals surface area contributed by atoms with Gasteiger partial charge in [-0.2, -0.15) is 4.31 Å². The number of urea groups is 1. The smallest absolute Gasteiger partial charge is 0.314 e. The van der Waals surface area contributed by atoms with Gasteiger partial charge in [0.05, 0.1) is 35.9 Å². The van der Waals surface area contributed by atoms with Crippen LogP contribution in [0, 0.1) is 5.92 Å². The maximum absolute atomic E-state index is 13.5.